The number of para-hydroxylation sites is 1. The molecule has 2 heterocycles. The first-order valence-corrected chi connectivity index (χ1v) is 9.00. The van der Waals surface area contributed by atoms with Crippen LogP contribution < -0.4 is 11.3 Å². The van der Waals surface area contributed by atoms with Crippen LogP contribution in [-0.4, -0.2) is 14.3 Å². The van der Waals surface area contributed by atoms with Gasteiger partial charge in [0.05, 0.1) is 11.1 Å². The highest BCUT2D eigenvalue weighted by Crippen LogP contribution is 2.28. The highest BCUT2D eigenvalue weighted by molar-refractivity contribution is 5.93. The summed E-state index contributed by atoms with van der Waals surface area (Å²) in [7, 11) is 0. The minimum atomic E-state index is -0.0134. The molecule has 0 spiro atoms. The maximum Gasteiger partial charge on any atom is 0.277 e. The van der Waals surface area contributed by atoms with Gasteiger partial charge in [0, 0.05) is 30.4 Å². The van der Waals surface area contributed by atoms with Crippen molar-refractivity contribution in [1.29, 1.82) is 0 Å². The Morgan fingerprint density at radius 1 is 1.12 bits per heavy atom. The van der Waals surface area contributed by atoms with E-state index in [0.717, 1.165) is 40.7 Å². The van der Waals surface area contributed by atoms with E-state index in [9.17, 15) is 4.79 Å². The predicted molar refractivity (Wildman–Crippen MR) is 105 cm³/mol. The Kier molecular flexibility index (Phi) is 4.21. The summed E-state index contributed by atoms with van der Waals surface area (Å²) in [4.78, 5) is 12.8. The summed E-state index contributed by atoms with van der Waals surface area (Å²) < 4.78 is 3.71. The van der Waals surface area contributed by atoms with Gasteiger partial charge in [-0.2, -0.15) is 5.10 Å². The Labute approximate surface area is 152 Å². The number of rotatable bonds is 5. The predicted octanol–water partition coefficient (Wildman–Crippen LogP) is 3.73. The number of fused-ring (bicyclic) bond motifs is 3. The van der Waals surface area contributed by atoms with Crippen LogP contribution in [0, 0.1) is 0 Å². The lowest BCUT2D eigenvalue weighted by Crippen LogP contribution is -2.17. The topological polar surface area (TPSA) is 65.8 Å². The highest BCUT2D eigenvalue weighted by atomic mass is 16.1. The number of unbranched alkanes of at least 4 members (excludes halogenated alkanes) is 1. The van der Waals surface area contributed by atoms with Crippen LogP contribution in [-0.2, 0) is 13.1 Å². The second-order valence-corrected chi connectivity index (χ2v) is 6.66. The SMILES string of the molecule is CCCCn1nc2c3ccccc3n(Cc3cccc(N)c3)cc-2c1=O. The van der Waals surface area contributed by atoms with Gasteiger partial charge in [0.25, 0.3) is 5.56 Å². The second-order valence-electron chi connectivity index (χ2n) is 6.66. The number of hydrogen-bond acceptors (Lipinski definition) is 3. The van der Waals surface area contributed by atoms with Crippen LogP contribution >= 0.6 is 0 Å². The molecule has 0 aliphatic carbocycles. The molecule has 2 aliphatic rings. The number of anilines is 1. The van der Waals surface area contributed by atoms with Gasteiger partial charge in [0.15, 0.2) is 0 Å². The Morgan fingerprint density at radius 2 is 1.96 bits per heavy atom. The molecule has 0 saturated carbocycles. The Hall–Kier alpha value is -3.08. The number of nitrogens with two attached hydrogens (primary N) is 1. The van der Waals surface area contributed by atoms with Crippen molar-refractivity contribution in [2.45, 2.75) is 32.9 Å². The summed E-state index contributed by atoms with van der Waals surface area (Å²) in [5.41, 5.74) is 10.3. The molecule has 5 nitrogen and oxygen atoms in total. The fourth-order valence-electron chi connectivity index (χ4n) is 3.40. The van der Waals surface area contributed by atoms with Crippen molar-refractivity contribution < 1.29 is 0 Å². The van der Waals surface area contributed by atoms with Crippen LogP contribution in [0.3, 0.4) is 0 Å². The number of hydrogen-bond donors (Lipinski definition) is 1. The molecule has 4 rings (SSSR count). The number of pyridine rings is 1. The Morgan fingerprint density at radius 3 is 2.77 bits per heavy atom. The van der Waals surface area contributed by atoms with E-state index in [2.05, 4.69) is 22.7 Å². The lowest BCUT2D eigenvalue weighted by atomic mass is 10.1. The van der Waals surface area contributed by atoms with Crippen molar-refractivity contribution in [2.75, 3.05) is 5.73 Å². The zero-order valence-electron chi connectivity index (χ0n) is 14.9. The highest BCUT2D eigenvalue weighted by Gasteiger charge is 2.19. The molecule has 0 radical (unpaired) electrons. The van der Waals surface area contributed by atoms with Crippen LogP contribution in [0.5, 0.6) is 0 Å². The molecule has 2 N–H and O–H groups in total. The summed E-state index contributed by atoms with van der Waals surface area (Å²) >= 11 is 0. The molecule has 0 amide bonds. The molecule has 0 bridgehead atoms. The smallest absolute Gasteiger partial charge is 0.277 e. The van der Waals surface area contributed by atoms with Crippen LogP contribution in [0.1, 0.15) is 25.3 Å². The van der Waals surface area contributed by atoms with Crippen molar-refractivity contribution in [3.8, 4) is 11.3 Å². The summed E-state index contributed by atoms with van der Waals surface area (Å²) in [5.74, 6) is 0. The lowest BCUT2D eigenvalue weighted by molar-refractivity contribution is 0.560. The standard InChI is InChI=1S/C21H22N4O/c1-2-3-11-25-21(26)18-14-24(13-15-7-6-8-16(22)12-15)19-10-5-4-9-17(19)20(18)23-25/h4-10,12,14H,2-3,11,13,22H2,1H3. The number of aromatic nitrogens is 3. The van der Waals surface area contributed by atoms with Gasteiger partial charge in [-0.1, -0.05) is 43.7 Å². The normalized spacial score (nSPS) is 11.4. The van der Waals surface area contributed by atoms with E-state index < -0.39 is 0 Å². The van der Waals surface area contributed by atoms with E-state index in [-0.39, 0.29) is 5.56 Å². The van der Waals surface area contributed by atoms with Crippen molar-refractivity contribution in [3.63, 3.8) is 0 Å². The van der Waals surface area contributed by atoms with Gasteiger partial charge in [0.2, 0.25) is 0 Å². The van der Waals surface area contributed by atoms with Crippen LogP contribution in [0.15, 0.2) is 59.5 Å². The summed E-state index contributed by atoms with van der Waals surface area (Å²) in [6.45, 7) is 3.43. The molecule has 132 valence electrons. The van der Waals surface area contributed by atoms with E-state index >= 15 is 0 Å². The van der Waals surface area contributed by atoms with E-state index in [4.69, 9.17) is 5.73 Å². The van der Waals surface area contributed by atoms with Gasteiger partial charge >= 0.3 is 0 Å². The summed E-state index contributed by atoms with van der Waals surface area (Å²) in [6, 6.07) is 15.9. The van der Waals surface area contributed by atoms with Crippen molar-refractivity contribution >= 4 is 16.6 Å². The van der Waals surface area contributed by atoms with Gasteiger partial charge in [-0.25, -0.2) is 4.68 Å². The van der Waals surface area contributed by atoms with Crippen molar-refractivity contribution in [1.82, 2.24) is 14.3 Å². The number of nitrogens with zero attached hydrogens (tertiary/aromatic N) is 3. The van der Waals surface area contributed by atoms with Crippen molar-refractivity contribution in [3.05, 3.63) is 70.6 Å². The van der Waals surface area contributed by atoms with E-state index in [1.54, 1.807) is 4.68 Å². The zero-order chi connectivity index (χ0) is 18.1. The number of nitrogen functional groups attached to an aromatic ring is 1. The van der Waals surface area contributed by atoms with Crippen molar-refractivity contribution in [2.24, 2.45) is 0 Å². The third-order valence-electron chi connectivity index (χ3n) is 4.72. The van der Waals surface area contributed by atoms with Gasteiger partial charge in [0.1, 0.15) is 5.69 Å². The molecule has 2 aromatic rings. The molecule has 2 aromatic carbocycles. The lowest BCUT2D eigenvalue weighted by Gasteiger charge is -2.14. The number of benzene rings is 2. The average Bonchev–Trinajstić information content (AvgIpc) is 2.96. The molecule has 0 fully saturated rings. The first kappa shape index (κ1) is 16.4. The molecular formula is C21H22N4O. The third-order valence-corrected chi connectivity index (χ3v) is 4.72. The minimum absolute atomic E-state index is 0.0134. The monoisotopic (exact) mass is 346 g/mol. The van der Waals surface area contributed by atoms with E-state index in [1.807, 2.05) is 48.7 Å². The Bertz CT molecular complexity index is 1090. The largest absolute Gasteiger partial charge is 0.399 e. The second kappa shape index (κ2) is 6.67. The molecule has 2 aliphatic heterocycles. The van der Waals surface area contributed by atoms with Crippen LogP contribution in [0.2, 0.25) is 0 Å². The molecule has 0 unspecified atom stereocenters. The van der Waals surface area contributed by atoms with Gasteiger partial charge in [-0.15, -0.1) is 0 Å². The molecular weight excluding hydrogens is 324 g/mol. The maximum absolute atomic E-state index is 12.8. The molecule has 0 saturated heterocycles. The van der Waals surface area contributed by atoms with E-state index in [1.165, 1.54) is 0 Å². The fourth-order valence-corrected chi connectivity index (χ4v) is 3.40. The Balaban J connectivity index is 1.90. The summed E-state index contributed by atoms with van der Waals surface area (Å²) in [5, 5.41) is 5.61. The van der Waals surface area contributed by atoms with E-state index in [0.29, 0.717) is 18.7 Å². The third kappa shape index (κ3) is 2.86. The molecule has 0 atom stereocenters. The number of aryl methyl sites for hydroxylation is 1. The summed E-state index contributed by atoms with van der Waals surface area (Å²) in [6.07, 6.45) is 3.91. The van der Waals surface area contributed by atoms with Gasteiger partial charge in [-0.3, -0.25) is 4.79 Å². The van der Waals surface area contributed by atoms with Crippen LogP contribution in [0.4, 0.5) is 5.69 Å². The first-order valence-electron chi connectivity index (χ1n) is 9.00. The van der Waals surface area contributed by atoms with Gasteiger partial charge < -0.3 is 10.3 Å². The fraction of sp³-hybridized carbons (Fsp3) is 0.238. The minimum Gasteiger partial charge on any atom is -0.399 e. The molecule has 26 heavy (non-hydrogen) atoms. The molecule has 0 aromatic heterocycles. The maximum atomic E-state index is 12.8. The zero-order valence-corrected chi connectivity index (χ0v) is 14.9. The van der Waals surface area contributed by atoms with Gasteiger partial charge in [-0.05, 0) is 30.2 Å². The van der Waals surface area contributed by atoms with Crippen LogP contribution in [0.25, 0.3) is 22.2 Å². The quantitative estimate of drug-likeness (QED) is 0.560. The molecule has 5 heteroatoms. The first-order chi connectivity index (χ1) is 12.7. The average molecular weight is 346 g/mol.